The predicted molar refractivity (Wildman–Crippen MR) is 82.1 cm³/mol. The summed E-state index contributed by atoms with van der Waals surface area (Å²) in [5.74, 6) is 0.333. The van der Waals surface area contributed by atoms with Crippen molar-refractivity contribution in [1.29, 1.82) is 0 Å². The molecular formula is C17H30O2. The van der Waals surface area contributed by atoms with Gasteiger partial charge in [-0.15, -0.1) is 0 Å². The molecule has 0 radical (unpaired) electrons. The Labute approximate surface area is 118 Å². The second-order valence-corrected chi connectivity index (χ2v) is 5.56. The third kappa shape index (κ3) is 11.8. The normalized spacial score (nSPS) is 13.0. The van der Waals surface area contributed by atoms with E-state index in [1.165, 1.54) is 11.1 Å². The average molecular weight is 266 g/mol. The van der Waals surface area contributed by atoms with Gasteiger partial charge in [0.1, 0.15) is 0 Å². The maximum atomic E-state index is 11.3. The molecule has 2 heteroatoms. The second-order valence-electron chi connectivity index (χ2n) is 5.56. The van der Waals surface area contributed by atoms with Gasteiger partial charge in [-0.1, -0.05) is 30.2 Å². The van der Waals surface area contributed by atoms with Crippen LogP contribution in [-0.2, 0) is 9.53 Å². The van der Waals surface area contributed by atoms with Crippen molar-refractivity contribution >= 4 is 5.97 Å². The Hall–Kier alpha value is -1.05. The fourth-order valence-corrected chi connectivity index (χ4v) is 1.91. The summed E-state index contributed by atoms with van der Waals surface area (Å²) in [6.45, 7) is 10.9. The van der Waals surface area contributed by atoms with Gasteiger partial charge in [0.2, 0.25) is 0 Å². The number of esters is 1. The molecule has 0 fully saturated rings. The molecule has 0 aliphatic rings. The lowest BCUT2D eigenvalue weighted by Gasteiger charge is -2.09. The fraction of sp³-hybridized carbons (Fsp3) is 0.706. The lowest BCUT2D eigenvalue weighted by molar-refractivity contribution is -0.144. The van der Waals surface area contributed by atoms with Crippen molar-refractivity contribution < 1.29 is 9.53 Å². The van der Waals surface area contributed by atoms with E-state index in [9.17, 15) is 4.79 Å². The zero-order valence-corrected chi connectivity index (χ0v) is 13.3. The third-order valence-corrected chi connectivity index (χ3v) is 3.06. The first kappa shape index (κ1) is 17.9. The number of allylic oxidation sites excluding steroid dienone is 4. The zero-order chi connectivity index (χ0) is 14.7. The van der Waals surface area contributed by atoms with E-state index in [0.717, 1.165) is 25.7 Å². The lowest BCUT2D eigenvalue weighted by atomic mass is 10.00. The molecule has 0 aromatic rings. The molecule has 0 amide bonds. The molecule has 0 rings (SSSR count). The topological polar surface area (TPSA) is 26.3 Å². The van der Waals surface area contributed by atoms with E-state index in [4.69, 9.17) is 4.74 Å². The molecule has 110 valence electrons. The first-order chi connectivity index (χ1) is 8.95. The molecule has 0 saturated carbocycles. The van der Waals surface area contributed by atoms with Gasteiger partial charge in [0.05, 0.1) is 6.61 Å². The summed E-state index contributed by atoms with van der Waals surface area (Å²) in [7, 11) is 0. The Balaban J connectivity index is 3.80. The van der Waals surface area contributed by atoms with E-state index >= 15 is 0 Å². The van der Waals surface area contributed by atoms with Crippen LogP contribution in [0.4, 0.5) is 0 Å². The summed E-state index contributed by atoms with van der Waals surface area (Å²) in [4.78, 5) is 11.3. The van der Waals surface area contributed by atoms with Crippen LogP contribution in [-0.4, -0.2) is 12.6 Å². The second kappa shape index (κ2) is 10.8. The molecule has 0 aromatic heterocycles. The Morgan fingerprint density at radius 1 is 1.16 bits per heavy atom. The Bertz CT molecular complexity index is 309. The quantitative estimate of drug-likeness (QED) is 0.431. The van der Waals surface area contributed by atoms with Crippen molar-refractivity contribution in [2.24, 2.45) is 5.92 Å². The fourth-order valence-electron chi connectivity index (χ4n) is 1.91. The van der Waals surface area contributed by atoms with E-state index in [-0.39, 0.29) is 5.97 Å². The SMILES string of the molecule is CCOC(=O)CC(C)CC/C=C(\C)CCC=C(C)C. The number of hydrogen-bond donors (Lipinski definition) is 0. The molecule has 0 aliphatic carbocycles. The number of hydrogen-bond acceptors (Lipinski definition) is 2. The highest BCUT2D eigenvalue weighted by Gasteiger charge is 2.08. The summed E-state index contributed by atoms with van der Waals surface area (Å²) in [5, 5.41) is 0. The number of carbonyl (C=O) groups is 1. The van der Waals surface area contributed by atoms with Crippen LogP contribution in [0.5, 0.6) is 0 Å². The molecule has 0 N–H and O–H groups in total. The minimum Gasteiger partial charge on any atom is -0.466 e. The van der Waals surface area contributed by atoms with Crippen molar-refractivity contribution in [2.75, 3.05) is 6.61 Å². The van der Waals surface area contributed by atoms with E-state index in [1.54, 1.807) is 0 Å². The maximum absolute atomic E-state index is 11.3. The molecule has 1 atom stereocenters. The minimum absolute atomic E-state index is 0.0701. The van der Waals surface area contributed by atoms with Crippen LogP contribution in [0.1, 0.15) is 66.7 Å². The monoisotopic (exact) mass is 266 g/mol. The first-order valence-corrected chi connectivity index (χ1v) is 7.40. The molecule has 0 bridgehead atoms. The number of carbonyl (C=O) groups excluding carboxylic acids is 1. The van der Waals surface area contributed by atoms with Gasteiger partial charge in [0.25, 0.3) is 0 Å². The van der Waals surface area contributed by atoms with Crippen LogP contribution in [0.25, 0.3) is 0 Å². The highest BCUT2D eigenvalue weighted by molar-refractivity contribution is 5.69. The minimum atomic E-state index is -0.0701. The largest absolute Gasteiger partial charge is 0.466 e. The molecule has 0 aromatic carbocycles. The highest BCUT2D eigenvalue weighted by Crippen LogP contribution is 2.14. The molecule has 0 saturated heterocycles. The van der Waals surface area contributed by atoms with Crippen LogP contribution in [0.3, 0.4) is 0 Å². The van der Waals surface area contributed by atoms with E-state index in [1.807, 2.05) is 6.92 Å². The van der Waals surface area contributed by atoms with Gasteiger partial charge < -0.3 is 4.74 Å². The van der Waals surface area contributed by atoms with Crippen LogP contribution in [0.2, 0.25) is 0 Å². The highest BCUT2D eigenvalue weighted by atomic mass is 16.5. The molecule has 0 spiro atoms. The molecule has 0 aliphatic heterocycles. The van der Waals surface area contributed by atoms with Gasteiger partial charge in [0, 0.05) is 6.42 Å². The van der Waals surface area contributed by atoms with Gasteiger partial charge in [-0.2, -0.15) is 0 Å². The van der Waals surface area contributed by atoms with Gasteiger partial charge >= 0.3 is 5.97 Å². The maximum Gasteiger partial charge on any atom is 0.306 e. The summed E-state index contributed by atoms with van der Waals surface area (Å²) < 4.78 is 4.95. The molecule has 0 heterocycles. The predicted octanol–water partition coefficient (Wildman–Crippen LogP) is 5.05. The van der Waals surface area contributed by atoms with Gasteiger partial charge in [-0.25, -0.2) is 0 Å². The molecular weight excluding hydrogens is 236 g/mol. The Kier molecular flexibility index (Phi) is 10.2. The number of rotatable bonds is 9. The zero-order valence-electron chi connectivity index (χ0n) is 13.3. The molecule has 2 nitrogen and oxygen atoms in total. The third-order valence-electron chi connectivity index (χ3n) is 3.06. The number of ether oxygens (including phenoxy) is 1. The summed E-state index contributed by atoms with van der Waals surface area (Å²) in [6.07, 6.45) is 9.50. The van der Waals surface area contributed by atoms with Gasteiger partial charge in [-0.3, -0.25) is 4.79 Å². The van der Waals surface area contributed by atoms with E-state index in [0.29, 0.717) is 18.9 Å². The van der Waals surface area contributed by atoms with Crippen molar-refractivity contribution in [3.8, 4) is 0 Å². The van der Waals surface area contributed by atoms with Crippen LogP contribution < -0.4 is 0 Å². The van der Waals surface area contributed by atoms with Crippen LogP contribution >= 0.6 is 0 Å². The molecule has 19 heavy (non-hydrogen) atoms. The Morgan fingerprint density at radius 3 is 2.42 bits per heavy atom. The summed E-state index contributed by atoms with van der Waals surface area (Å²) in [5.41, 5.74) is 2.83. The van der Waals surface area contributed by atoms with Gasteiger partial charge in [-0.05, 0) is 59.3 Å². The van der Waals surface area contributed by atoms with Gasteiger partial charge in [0.15, 0.2) is 0 Å². The molecule has 1 unspecified atom stereocenters. The lowest BCUT2D eigenvalue weighted by Crippen LogP contribution is -2.09. The van der Waals surface area contributed by atoms with E-state index < -0.39 is 0 Å². The summed E-state index contributed by atoms with van der Waals surface area (Å²) in [6, 6.07) is 0. The summed E-state index contributed by atoms with van der Waals surface area (Å²) >= 11 is 0. The first-order valence-electron chi connectivity index (χ1n) is 7.40. The van der Waals surface area contributed by atoms with Crippen LogP contribution in [0.15, 0.2) is 23.3 Å². The standard InChI is InChI=1S/C17H30O2/c1-6-19-17(18)13-16(5)12-8-11-15(4)10-7-9-14(2)3/h9,11,16H,6-8,10,12-13H2,1-5H3/b15-11+. The average Bonchev–Trinajstić information content (AvgIpc) is 2.28. The van der Waals surface area contributed by atoms with E-state index in [2.05, 4.69) is 39.8 Å². The Morgan fingerprint density at radius 2 is 1.84 bits per heavy atom. The smallest absolute Gasteiger partial charge is 0.306 e. The van der Waals surface area contributed by atoms with Crippen molar-refractivity contribution in [2.45, 2.75) is 66.7 Å². The van der Waals surface area contributed by atoms with Crippen molar-refractivity contribution in [1.82, 2.24) is 0 Å². The van der Waals surface area contributed by atoms with Crippen LogP contribution in [0, 0.1) is 5.92 Å². The van der Waals surface area contributed by atoms with Crippen molar-refractivity contribution in [3.05, 3.63) is 23.3 Å². The van der Waals surface area contributed by atoms with Crippen molar-refractivity contribution in [3.63, 3.8) is 0 Å².